The first-order valence-electron chi connectivity index (χ1n) is 6.94. The Labute approximate surface area is 132 Å². The topological polar surface area (TPSA) is 118 Å². The van der Waals surface area contributed by atoms with E-state index in [-0.39, 0.29) is 30.1 Å². The van der Waals surface area contributed by atoms with Crippen molar-refractivity contribution in [1.29, 1.82) is 0 Å². The summed E-state index contributed by atoms with van der Waals surface area (Å²) >= 11 is 0. The van der Waals surface area contributed by atoms with E-state index in [1.165, 1.54) is 12.1 Å². The van der Waals surface area contributed by atoms with Gasteiger partial charge in [0.05, 0.1) is 17.1 Å². The van der Waals surface area contributed by atoms with Crippen molar-refractivity contribution in [2.45, 2.75) is 20.1 Å². The van der Waals surface area contributed by atoms with Gasteiger partial charge in [-0.3, -0.25) is 14.9 Å². The van der Waals surface area contributed by atoms with Crippen LogP contribution in [0.4, 0.5) is 11.4 Å². The van der Waals surface area contributed by atoms with E-state index < -0.39 is 10.8 Å². The summed E-state index contributed by atoms with van der Waals surface area (Å²) < 4.78 is 0. The monoisotopic (exact) mass is 315 g/mol. The van der Waals surface area contributed by atoms with E-state index in [1.54, 1.807) is 31.2 Å². The number of amides is 1. The zero-order valence-corrected chi connectivity index (χ0v) is 12.6. The van der Waals surface area contributed by atoms with Crippen LogP contribution in [0.25, 0.3) is 0 Å². The van der Waals surface area contributed by atoms with Gasteiger partial charge < -0.3 is 16.2 Å². The number of carbonyl (C=O) groups excluding carboxylic acids is 1. The lowest BCUT2D eigenvalue weighted by molar-refractivity contribution is -0.384. The highest BCUT2D eigenvalue weighted by Gasteiger charge is 2.20. The van der Waals surface area contributed by atoms with Crippen LogP contribution in [0.3, 0.4) is 0 Å². The number of nitrogens with zero attached hydrogens (tertiary/aromatic N) is 1. The SMILES string of the molecule is Cc1cc(C(=O)NCc2ccccc2CO)c(N)c([N+](=O)[O-])c1. The largest absolute Gasteiger partial charge is 0.393 e. The van der Waals surface area contributed by atoms with Crippen LogP contribution in [0.15, 0.2) is 36.4 Å². The highest BCUT2D eigenvalue weighted by atomic mass is 16.6. The highest BCUT2D eigenvalue weighted by Crippen LogP contribution is 2.27. The number of aryl methyl sites for hydroxylation is 1. The van der Waals surface area contributed by atoms with Gasteiger partial charge in [0.2, 0.25) is 0 Å². The van der Waals surface area contributed by atoms with Crippen molar-refractivity contribution in [3.8, 4) is 0 Å². The summed E-state index contributed by atoms with van der Waals surface area (Å²) in [4.78, 5) is 22.7. The number of nitro benzene ring substituents is 1. The number of hydrogen-bond acceptors (Lipinski definition) is 5. The standard InChI is InChI=1S/C16H17N3O4/c1-10-6-13(15(17)14(7-10)19(22)23)16(21)18-8-11-4-2-3-5-12(11)9-20/h2-7,20H,8-9,17H2,1H3,(H,18,21). The lowest BCUT2D eigenvalue weighted by Crippen LogP contribution is -2.24. The summed E-state index contributed by atoms with van der Waals surface area (Å²) in [5.74, 6) is -0.498. The molecule has 1 amide bonds. The number of carbonyl (C=O) groups is 1. The third kappa shape index (κ3) is 3.64. The van der Waals surface area contributed by atoms with Crippen LogP contribution in [-0.2, 0) is 13.2 Å². The minimum absolute atomic E-state index is 0.0678. The summed E-state index contributed by atoms with van der Waals surface area (Å²) in [6, 6.07) is 9.97. The van der Waals surface area contributed by atoms with Gasteiger partial charge in [-0.05, 0) is 29.7 Å². The Morgan fingerprint density at radius 1 is 1.30 bits per heavy atom. The van der Waals surface area contributed by atoms with E-state index >= 15 is 0 Å². The fourth-order valence-electron chi connectivity index (χ4n) is 2.27. The first-order chi connectivity index (χ1) is 10.9. The molecule has 0 saturated carbocycles. The van der Waals surface area contributed by atoms with E-state index in [9.17, 15) is 20.0 Å². The second kappa shape index (κ2) is 6.89. The van der Waals surface area contributed by atoms with Gasteiger partial charge in [-0.15, -0.1) is 0 Å². The summed E-state index contributed by atoms with van der Waals surface area (Å²) in [5.41, 5.74) is 7.41. The lowest BCUT2D eigenvalue weighted by atomic mass is 10.1. The third-order valence-corrected chi connectivity index (χ3v) is 3.47. The Morgan fingerprint density at radius 3 is 2.57 bits per heavy atom. The lowest BCUT2D eigenvalue weighted by Gasteiger charge is -2.11. The zero-order valence-electron chi connectivity index (χ0n) is 12.6. The van der Waals surface area contributed by atoms with Gasteiger partial charge in [-0.1, -0.05) is 24.3 Å². The molecule has 4 N–H and O–H groups in total. The maximum absolute atomic E-state index is 12.3. The minimum atomic E-state index is -0.611. The number of nitrogens with one attached hydrogen (secondary N) is 1. The fourth-order valence-corrected chi connectivity index (χ4v) is 2.27. The quantitative estimate of drug-likeness (QED) is 0.442. The molecule has 23 heavy (non-hydrogen) atoms. The summed E-state index contributed by atoms with van der Waals surface area (Å²) in [5, 5.41) is 22.9. The van der Waals surface area contributed by atoms with Gasteiger partial charge in [-0.25, -0.2) is 0 Å². The van der Waals surface area contributed by atoms with Crippen LogP contribution in [0.5, 0.6) is 0 Å². The number of benzene rings is 2. The number of nitrogen functional groups attached to an aromatic ring is 1. The Morgan fingerprint density at radius 2 is 1.96 bits per heavy atom. The van der Waals surface area contributed by atoms with Crippen molar-refractivity contribution in [1.82, 2.24) is 5.32 Å². The summed E-state index contributed by atoms with van der Waals surface area (Å²) in [7, 11) is 0. The van der Waals surface area contributed by atoms with Crippen molar-refractivity contribution in [3.63, 3.8) is 0 Å². The third-order valence-electron chi connectivity index (χ3n) is 3.47. The number of rotatable bonds is 5. The number of nitrogens with two attached hydrogens (primary N) is 1. The Balaban J connectivity index is 2.23. The van der Waals surface area contributed by atoms with E-state index in [0.717, 1.165) is 5.56 Å². The zero-order chi connectivity index (χ0) is 17.0. The molecule has 0 unspecified atom stereocenters. The Kier molecular flexibility index (Phi) is 4.92. The number of hydrogen-bond donors (Lipinski definition) is 3. The van der Waals surface area contributed by atoms with Crippen LogP contribution < -0.4 is 11.1 Å². The molecule has 7 nitrogen and oxygen atoms in total. The first kappa shape index (κ1) is 16.4. The van der Waals surface area contributed by atoms with Crippen molar-refractivity contribution in [2.24, 2.45) is 0 Å². The van der Waals surface area contributed by atoms with Gasteiger partial charge in [0.1, 0.15) is 5.69 Å². The van der Waals surface area contributed by atoms with Crippen LogP contribution in [-0.4, -0.2) is 15.9 Å². The number of nitro groups is 1. The predicted molar refractivity (Wildman–Crippen MR) is 85.8 cm³/mol. The molecule has 0 radical (unpaired) electrons. The molecule has 0 atom stereocenters. The van der Waals surface area contributed by atoms with E-state index in [0.29, 0.717) is 11.1 Å². The predicted octanol–water partition coefficient (Wildman–Crippen LogP) is 1.91. The van der Waals surface area contributed by atoms with Crippen LogP contribution in [0, 0.1) is 17.0 Å². The second-order valence-corrected chi connectivity index (χ2v) is 5.11. The molecule has 0 fully saturated rings. The normalized spacial score (nSPS) is 10.3. The van der Waals surface area contributed by atoms with Gasteiger partial charge in [-0.2, -0.15) is 0 Å². The van der Waals surface area contributed by atoms with Gasteiger partial charge in [0.15, 0.2) is 0 Å². The van der Waals surface area contributed by atoms with Crippen LogP contribution >= 0.6 is 0 Å². The molecule has 0 aliphatic rings. The van der Waals surface area contributed by atoms with E-state index in [2.05, 4.69) is 5.32 Å². The fraction of sp³-hybridized carbons (Fsp3) is 0.188. The molecule has 2 aromatic rings. The van der Waals surface area contributed by atoms with Gasteiger partial charge in [0, 0.05) is 12.6 Å². The van der Waals surface area contributed by atoms with Crippen LogP contribution in [0.1, 0.15) is 27.0 Å². The Bertz CT molecular complexity index is 759. The van der Waals surface area contributed by atoms with Gasteiger partial charge in [0.25, 0.3) is 11.6 Å². The molecule has 120 valence electrons. The molecule has 0 heterocycles. The molecule has 0 saturated heterocycles. The Hall–Kier alpha value is -2.93. The van der Waals surface area contributed by atoms with E-state index in [1.807, 2.05) is 0 Å². The highest BCUT2D eigenvalue weighted by molar-refractivity contribution is 6.01. The first-order valence-corrected chi connectivity index (χ1v) is 6.94. The van der Waals surface area contributed by atoms with Crippen molar-refractivity contribution < 1.29 is 14.8 Å². The smallest absolute Gasteiger partial charge is 0.293 e. The second-order valence-electron chi connectivity index (χ2n) is 5.11. The maximum atomic E-state index is 12.3. The van der Waals surface area contributed by atoms with Gasteiger partial charge >= 0.3 is 0 Å². The van der Waals surface area contributed by atoms with Crippen molar-refractivity contribution >= 4 is 17.3 Å². The minimum Gasteiger partial charge on any atom is -0.393 e. The molecule has 0 spiro atoms. The molecule has 7 heteroatoms. The van der Waals surface area contributed by atoms with Crippen molar-refractivity contribution in [2.75, 3.05) is 5.73 Å². The average Bonchev–Trinajstić information content (AvgIpc) is 2.54. The summed E-state index contributed by atoms with van der Waals surface area (Å²) in [6.07, 6.45) is 0. The molecule has 2 rings (SSSR count). The van der Waals surface area contributed by atoms with Crippen LogP contribution in [0.2, 0.25) is 0 Å². The molecule has 0 aromatic heterocycles. The summed E-state index contributed by atoms with van der Waals surface area (Å²) in [6.45, 7) is 1.71. The number of anilines is 1. The maximum Gasteiger partial charge on any atom is 0.293 e. The molecular formula is C16H17N3O4. The molecule has 0 aliphatic carbocycles. The molecule has 0 bridgehead atoms. The molecular weight excluding hydrogens is 298 g/mol. The van der Waals surface area contributed by atoms with E-state index in [4.69, 9.17) is 5.73 Å². The molecule has 2 aromatic carbocycles. The van der Waals surface area contributed by atoms with Crippen molar-refractivity contribution in [3.05, 3.63) is 68.8 Å². The number of aliphatic hydroxyl groups excluding tert-OH is 1. The number of aliphatic hydroxyl groups is 1. The average molecular weight is 315 g/mol. The molecule has 0 aliphatic heterocycles.